The summed E-state index contributed by atoms with van der Waals surface area (Å²) in [5, 5.41) is 1.12. The molecular formula is C20H24N4S4. The highest BCUT2D eigenvalue weighted by atomic mass is 32.2. The Hall–Kier alpha value is -0.930. The Labute approximate surface area is 183 Å². The van der Waals surface area contributed by atoms with Crippen LogP contribution < -0.4 is 0 Å². The monoisotopic (exact) mass is 448 g/mol. The molecule has 0 radical (unpaired) electrons. The van der Waals surface area contributed by atoms with Crippen LogP contribution in [0.3, 0.4) is 0 Å². The van der Waals surface area contributed by atoms with Gasteiger partial charge < -0.3 is 4.90 Å². The molecule has 0 saturated heterocycles. The summed E-state index contributed by atoms with van der Waals surface area (Å²) in [5.41, 5.74) is 3.59. The third kappa shape index (κ3) is 5.36. The van der Waals surface area contributed by atoms with Crippen LogP contribution in [0.2, 0.25) is 0 Å². The van der Waals surface area contributed by atoms with Crippen molar-refractivity contribution in [1.29, 1.82) is 0 Å². The maximum atomic E-state index is 4.69. The van der Waals surface area contributed by atoms with Crippen molar-refractivity contribution in [2.45, 2.75) is 35.0 Å². The first-order chi connectivity index (χ1) is 13.8. The topological polar surface area (TPSA) is 41.9 Å². The average Bonchev–Trinajstić information content (AvgIpc) is 3.33. The Balaban J connectivity index is 1.16. The summed E-state index contributed by atoms with van der Waals surface area (Å²) in [7, 11) is 2.17. The molecule has 0 unspecified atom stereocenters. The van der Waals surface area contributed by atoms with E-state index in [9.17, 15) is 0 Å². The lowest BCUT2D eigenvalue weighted by Crippen LogP contribution is -2.25. The number of likely N-dealkylation sites (N-methyl/N-ethyl adjacent to an activating group) is 1. The van der Waals surface area contributed by atoms with Gasteiger partial charge in [0.25, 0.3) is 0 Å². The van der Waals surface area contributed by atoms with Crippen LogP contribution in [0.5, 0.6) is 0 Å². The van der Waals surface area contributed by atoms with Gasteiger partial charge in [-0.15, -0.1) is 23.1 Å². The second-order valence-electron chi connectivity index (χ2n) is 6.88. The van der Waals surface area contributed by atoms with Crippen molar-refractivity contribution in [2.75, 3.05) is 31.6 Å². The molecule has 0 spiro atoms. The second-order valence-corrected chi connectivity index (χ2v) is 10.9. The Morgan fingerprint density at radius 1 is 1.07 bits per heavy atom. The summed E-state index contributed by atoms with van der Waals surface area (Å²) in [6, 6.07) is 8.38. The first-order valence-electron chi connectivity index (χ1n) is 9.61. The zero-order chi connectivity index (χ0) is 19.2. The maximum absolute atomic E-state index is 4.69. The highest BCUT2D eigenvalue weighted by Crippen LogP contribution is 2.31. The van der Waals surface area contributed by atoms with Crippen LogP contribution in [0.4, 0.5) is 0 Å². The van der Waals surface area contributed by atoms with Crippen LogP contribution in [0, 0.1) is 0 Å². The first-order valence-corrected chi connectivity index (χ1v) is 13.1. The third-order valence-electron chi connectivity index (χ3n) is 4.63. The number of unbranched alkanes of at least 4 members (excludes halogenated alkanes) is 2. The van der Waals surface area contributed by atoms with E-state index in [1.54, 1.807) is 11.3 Å². The van der Waals surface area contributed by atoms with Crippen molar-refractivity contribution in [3.63, 3.8) is 0 Å². The van der Waals surface area contributed by atoms with E-state index in [2.05, 4.69) is 51.0 Å². The van der Waals surface area contributed by atoms with E-state index in [1.807, 2.05) is 23.5 Å². The Morgan fingerprint density at radius 3 is 2.79 bits per heavy atom. The quantitative estimate of drug-likeness (QED) is 0.299. The fraction of sp³-hybridized carbons (Fsp3) is 0.450. The molecule has 0 amide bonds. The number of benzene rings is 1. The average molecular weight is 449 g/mol. The predicted octanol–water partition coefficient (Wildman–Crippen LogP) is 5.92. The van der Waals surface area contributed by atoms with Crippen LogP contribution >= 0.6 is 46.6 Å². The molecule has 1 aliphatic rings. The number of hydrogen-bond donors (Lipinski definition) is 0. The summed E-state index contributed by atoms with van der Waals surface area (Å²) in [6.07, 6.45) is 7.16. The molecule has 1 aromatic carbocycles. The fourth-order valence-corrected chi connectivity index (χ4v) is 7.01. The summed E-state index contributed by atoms with van der Waals surface area (Å²) >= 11 is 6.90. The van der Waals surface area contributed by atoms with Crippen molar-refractivity contribution in [1.82, 2.24) is 18.6 Å². The van der Waals surface area contributed by atoms with Gasteiger partial charge in [0.2, 0.25) is 0 Å². The van der Waals surface area contributed by atoms with Crippen molar-refractivity contribution in [3.8, 4) is 0 Å². The molecule has 0 fully saturated rings. The van der Waals surface area contributed by atoms with E-state index < -0.39 is 0 Å². The lowest BCUT2D eigenvalue weighted by molar-refractivity contribution is 0.372. The molecule has 0 bridgehead atoms. The molecule has 28 heavy (non-hydrogen) atoms. The Kier molecular flexibility index (Phi) is 7.42. The van der Waals surface area contributed by atoms with Gasteiger partial charge in [-0.1, -0.05) is 36.4 Å². The minimum Gasteiger partial charge on any atom is -0.302 e. The summed E-state index contributed by atoms with van der Waals surface area (Å²) in [4.78, 5) is 7.05. The van der Waals surface area contributed by atoms with Gasteiger partial charge in [-0.05, 0) is 49.8 Å². The Morgan fingerprint density at radius 2 is 1.93 bits per heavy atom. The largest absolute Gasteiger partial charge is 0.302 e. The van der Waals surface area contributed by atoms with Crippen LogP contribution in [0.25, 0.3) is 15.8 Å². The number of nitrogens with zero attached hydrogens (tertiary/aromatic N) is 4. The molecule has 1 aliphatic heterocycles. The SMILES string of the molecule is CN1CCC=C(c2nsnc2SCCCCCSc2nc3ccccc3s2)C1. The van der Waals surface area contributed by atoms with E-state index in [0.29, 0.717) is 0 Å². The number of thiazole rings is 1. The molecule has 0 saturated carbocycles. The van der Waals surface area contributed by atoms with Crippen molar-refractivity contribution >= 4 is 62.4 Å². The van der Waals surface area contributed by atoms with Gasteiger partial charge in [0.1, 0.15) is 10.7 Å². The Bertz CT molecular complexity index is 900. The van der Waals surface area contributed by atoms with Crippen LogP contribution in [-0.4, -0.2) is 50.3 Å². The second kappa shape index (κ2) is 10.2. The number of fused-ring (bicyclic) bond motifs is 1. The number of thioether (sulfide) groups is 2. The van der Waals surface area contributed by atoms with Crippen LogP contribution in [0.15, 0.2) is 39.7 Å². The molecule has 4 nitrogen and oxygen atoms in total. The van der Waals surface area contributed by atoms with E-state index >= 15 is 0 Å². The summed E-state index contributed by atoms with van der Waals surface area (Å²) in [5.74, 6) is 2.26. The normalized spacial score (nSPS) is 15.2. The van der Waals surface area contributed by atoms with Gasteiger partial charge in [-0.3, -0.25) is 0 Å². The molecule has 0 aliphatic carbocycles. The molecule has 0 atom stereocenters. The summed E-state index contributed by atoms with van der Waals surface area (Å²) in [6.45, 7) is 2.13. The van der Waals surface area contributed by atoms with Gasteiger partial charge in [0, 0.05) is 18.8 Å². The minimum atomic E-state index is 0.988. The standard InChI is InChI=1S/C20H24N4S4/c1-24-11-7-8-15(14-24)18-19(23-28-22-18)25-12-5-2-6-13-26-20-21-16-9-3-4-10-17(16)27-20/h3-4,8-10H,2,5-7,11-14H2,1H3. The lowest BCUT2D eigenvalue weighted by atomic mass is 10.1. The number of rotatable bonds is 9. The minimum absolute atomic E-state index is 0.988. The smallest absolute Gasteiger partial charge is 0.151 e. The fourth-order valence-electron chi connectivity index (χ4n) is 3.16. The molecule has 3 heterocycles. The van der Waals surface area contributed by atoms with E-state index in [-0.39, 0.29) is 0 Å². The number of para-hydroxylation sites is 1. The van der Waals surface area contributed by atoms with E-state index in [1.165, 1.54) is 45.6 Å². The maximum Gasteiger partial charge on any atom is 0.151 e. The number of aromatic nitrogens is 3. The van der Waals surface area contributed by atoms with E-state index in [4.69, 9.17) is 4.98 Å². The van der Waals surface area contributed by atoms with Gasteiger partial charge in [0.15, 0.2) is 4.34 Å². The zero-order valence-corrected chi connectivity index (χ0v) is 19.2. The van der Waals surface area contributed by atoms with Crippen LogP contribution in [0.1, 0.15) is 31.4 Å². The molecule has 148 valence electrons. The van der Waals surface area contributed by atoms with Gasteiger partial charge >= 0.3 is 0 Å². The van der Waals surface area contributed by atoms with Gasteiger partial charge in [0.05, 0.1) is 21.9 Å². The molecule has 4 rings (SSSR count). The highest BCUT2D eigenvalue weighted by Gasteiger charge is 2.17. The highest BCUT2D eigenvalue weighted by molar-refractivity contribution is 8.01. The number of hydrogen-bond acceptors (Lipinski definition) is 8. The van der Waals surface area contributed by atoms with Crippen molar-refractivity contribution < 1.29 is 0 Å². The van der Waals surface area contributed by atoms with Gasteiger partial charge in [-0.2, -0.15) is 8.75 Å². The van der Waals surface area contributed by atoms with Crippen LogP contribution in [-0.2, 0) is 0 Å². The molecule has 3 aromatic rings. The van der Waals surface area contributed by atoms with Crippen molar-refractivity contribution in [3.05, 3.63) is 36.0 Å². The molecular weight excluding hydrogens is 425 g/mol. The molecule has 2 aromatic heterocycles. The predicted molar refractivity (Wildman–Crippen MR) is 125 cm³/mol. The van der Waals surface area contributed by atoms with E-state index in [0.717, 1.165) is 47.3 Å². The lowest BCUT2D eigenvalue weighted by Gasteiger charge is -2.22. The van der Waals surface area contributed by atoms with Crippen molar-refractivity contribution in [2.24, 2.45) is 0 Å². The van der Waals surface area contributed by atoms with Gasteiger partial charge in [-0.25, -0.2) is 4.98 Å². The summed E-state index contributed by atoms with van der Waals surface area (Å²) < 4.78 is 11.6. The first kappa shape index (κ1) is 20.3. The molecule has 8 heteroatoms. The molecule has 0 N–H and O–H groups in total. The zero-order valence-electron chi connectivity index (χ0n) is 16.0. The third-order valence-corrected chi connectivity index (χ3v) is 8.59.